The molecular weight excluding hydrogens is 359 g/mol. The van der Waals surface area contributed by atoms with Crippen molar-refractivity contribution >= 4 is 0 Å². The van der Waals surface area contributed by atoms with Crippen LogP contribution in [0.4, 0.5) is 4.39 Å². The lowest BCUT2D eigenvalue weighted by molar-refractivity contribution is 0.00464. The zero-order valence-electron chi connectivity index (χ0n) is 16.4. The number of halogens is 1. The number of nitrogens with zero attached hydrogens (tertiary/aromatic N) is 2. The predicted molar refractivity (Wildman–Crippen MR) is 107 cm³/mol. The highest BCUT2D eigenvalue weighted by Gasteiger charge is 2.15. The number of benzene rings is 2. The first-order valence-electron chi connectivity index (χ1n) is 9.72. The van der Waals surface area contributed by atoms with Gasteiger partial charge in [-0.25, -0.2) is 4.39 Å². The van der Waals surface area contributed by atoms with Crippen molar-refractivity contribution in [3.8, 4) is 5.75 Å². The zero-order valence-corrected chi connectivity index (χ0v) is 16.4. The number of morpholine rings is 1. The number of hydrogen-bond donors (Lipinski definition) is 1. The number of β-amino-alcohol motifs (C(OH)–C–C–N with tert-alkyl or cyclic N) is 1. The SMILES string of the molecule is CN(Cc1cccc(OC[C@@H](O)CN2CCOCC2)c1)Cc1ccccc1F. The number of hydrogen-bond acceptors (Lipinski definition) is 5. The summed E-state index contributed by atoms with van der Waals surface area (Å²) >= 11 is 0. The zero-order chi connectivity index (χ0) is 19.8. The van der Waals surface area contributed by atoms with Crippen LogP contribution in [-0.2, 0) is 17.8 Å². The van der Waals surface area contributed by atoms with E-state index in [0.29, 0.717) is 25.2 Å². The van der Waals surface area contributed by atoms with Crippen molar-refractivity contribution in [1.29, 1.82) is 0 Å². The van der Waals surface area contributed by atoms with E-state index in [1.807, 2.05) is 37.4 Å². The molecule has 1 aliphatic rings. The first kappa shape index (κ1) is 20.7. The molecule has 2 aromatic carbocycles. The fraction of sp³-hybridized carbons (Fsp3) is 0.455. The van der Waals surface area contributed by atoms with Gasteiger partial charge in [-0.05, 0) is 30.8 Å². The van der Waals surface area contributed by atoms with E-state index >= 15 is 0 Å². The highest BCUT2D eigenvalue weighted by molar-refractivity contribution is 5.28. The lowest BCUT2D eigenvalue weighted by Gasteiger charge is -2.28. The van der Waals surface area contributed by atoms with Crippen molar-refractivity contribution in [2.24, 2.45) is 0 Å². The summed E-state index contributed by atoms with van der Waals surface area (Å²) in [6.07, 6.45) is -0.537. The Bertz CT molecular complexity index is 737. The Morgan fingerprint density at radius 2 is 1.93 bits per heavy atom. The van der Waals surface area contributed by atoms with Gasteiger partial charge in [0.1, 0.15) is 24.3 Å². The van der Waals surface area contributed by atoms with Crippen LogP contribution in [0.5, 0.6) is 5.75 Å². The van der Waals surface area contributed by atoms with E-state index in [1.54, 1.807) is 12.1 Å². The Morgan fingerprint density at radius 3 is 2.71 bits per heavy atom. The molecule has 3 rings (SSSR count). The third-order valence-electron chi connectivity index (χ3n) is 4.76. The summed E-state index contributed by atoms with van der Waals surface area (Å²) < 4.78 is 24.9. The topological polar surface area (TPSA) is 45.2 Å². The fourth-order valence-corrected chi connectivity index (χ4v) is 3.35. The molecule has 0 bridgehead atoms. The summed E-state index contributed by atoms with van der Waals surface area (Å²) in [5.41, 5.74) is 1.77. The molecular formula is C22H29FN2O3. The minimum Gasteiger partial charge on any atom is -0.491 e. The molecule has 0 saturated carbocycles. The van der Waals surface area contributed by atoms with Gasteiger partial charge in [-0.3, -0.25) is 9.80 Å². The highest BCUT2D eigenvalue weighted by atomic mass is 19.1. The third-order valence-corrected chi connectivity index (χ3v) is 4.76. The lowest BCUT2D eigenvalue weighted by Crippen LogP contribution is -2.42. The third kappa shape index (κ3) is 6.56. The molecule has 5 nitrogen and oxygen atoms in total. The molecule has 6 heteroatoms. The summed E-state index contributed by atoms with van der Waals surface area (Å²) in [6.45, 7) is 5.20. The highest BCUT2D eigenvalue weighted by Crippen LogP contribution is 2.17. The minimum absolute atomic E-state index is 0.180. The Balaban J connectivity index is 1.47. The van der Waals surface area contributed by atoms with Crippen LogP contribution >= 0.6 is 0 Å². The molecule has 28 heavy (non-hydrogen) atoms. The molecule has 0 unspecified atom stereocenters. The minimum atomic E-state index is -0.537. The predicted octanol–water partition coefficient (Wildman–Crippen LogP) is 2.53. The summed E-state index contributed by atoms with van der Waals surface area (Å²) in [6, 6.07) is 14.7. The van der Waals surface area contributed by atoms with Crippen LogP contribution in [0, 0.1) is 5.82 Å². The molecule has 0 aliphatic carbocycles. The average Bonchev–Trinajstić information content (AvgIpc) is 2.69. The molecule has 1 saturated heterocycles. The summed E-state index contributed by atoms with van der Waals surface area (Å²) in [5.74, 6) is 0.554. The molecule has 152 valence electrons. The molecule has 1 N–H and O–H groups in total. The second kappa shape index (κ2) is 10.5. The molecule has 2 aromatic rings. The van der Waals surface area contributed by atoms with E-state index in [-0.39, 0.29) is 12.4 Å². The summed E-state index contributed by atoms with van der Waals surface area (Å²) in [5, 5.41) is 10.2. The maximum Gasteiger partial charge on any atom is 0.127 e. The van der Waals surface area contributed by atoms with Crippen molar-refractivity contribution in [1.82, 2.24) is 9.80 Å². The van der Waals surface area contributed by atoms with E-state index in [4.69, 9.17) is 9.47 Å². The van der Waals surface area contributed by atoms with E-state index in [1.165, 1.54) is 6.07 Å². The fourth-order valence-electron chi connectivity index (χ4n) is 3.35. The van der Waals surface area contributed by atoms with Gasteiger partial charge in [-0.15, -0.1) is 0 Å². The monoisotopic (exact) mass is 388 g/mol. The average molecular weight is 388 g/mol. The smallest absolute Gasteiger partial charge is 0.127 e. The van der Waals surface area contributed by atoms with E-state index in [9.17, 15) is 9.50 Å². The van der Waals surface area contributed by atoms with Crippen LogP contribution in [0.1, 0.15) is 11.1 Å². The number of aliphatic hydroxyl groups is 1. The van der Waals surface area contributed by atoms with Gasteiger partial charge < -0.3 is 14.6 Å². The van der Waals surface area contributed by atoms with E-state index in [0.717, 1.165) is 37.6 Å². The molecule has 0 spiro atoms. The van der Waals surface area contributed by atoms with Crippen LogP contribution < -0.4 is 4.74 Å². The normalized spacial score (nSPS) is 16.3. The number of rotatable bonds is 9. The van der Waals surface area contributed by atoms with Gasteiger partial charge in [0.25, 0.3) is 0 Å². The standard InChI is InChI=1S/C22H29FN2O3/c1-24(15-19-6-2-3-8-22(19)23)14-18-5-4-7-21(13-18)28-17-20(26)16-25-9-11-27-12-10-25/h2-8,13,20,26H,9-12,14-17H2,1H3/t20-/m0/s1. The molecule has 1 fully saturated rings. The number of aliphatic hydroxyl groups excluding tert-OH is 1. The molecule has 0 aromatic heterocycles. The second-order valence-corrected chi connectivity index (χ2v) is 7.29. The van der Waals surface area contributed by atoms with Gasteiger partial charge in [-0.1, -0.05) is 30.3 Å². The molecule has 0 radical (unpaired) electrons. The maximum atomic E-state index is 13.8. The van der Waals surface area contributed by atoms with Crippen molar-refractivity contribution in [3.05, 3.63) is 65.5 Å². The van der Waals surface area contributed by atoms with E-state index < -0.39 is 6.10 Å². The Kier molecular flexibility index (Phi) is 7.80. The van der Waals surface area contributed by atoms with Crippen LogP contribution in [0.15, 0.2) is 48.5 Å². The molecule has 1 heterocycles. The van der Waals surface area contributed by atoms with Crippen molar-refractivity contribution in [3.63, 3.8) is 0 Å². The maximum absolute atomic E-state index is 13.8. The Labute approximate surface area is 166 Å². The number of ether oxygens (including phenoxy) is 2. The van der Waals surface area contributed by atoms with Gasteiger partial charge in [-0.2, -0.15) is 0 Å². The van der Waals surface area contributed by atoms with Crippen LogP contribution in [-0.4, -0.2) is 67.5 Å². The summed E-state index contributed by atoms with van der Waals surface area (Å²) in [7, 11) is 1.96. The summed E-state index contributed by atoms with van der Waals surface area (Å²) in [4.78, 5) is 4.25. The van der Waals surface area contributed by atoms with Crippen molar-refractivity contribution < 1.29 is 19.0 Å². The first-order chi connectivity index (χ1) is 13.6. The van der Waals surface area contributed by atoms with Crippen LogP contribution in [0.3, 0.4) is 0 Å². The largest absolute Gasteiger partial charge is 0.491 e. The Morgan fingerprint density at radius 1 is 1.14 bits per heavy atom. The quantitative estimate of drug-likeness (QED) is 0.715. The van der Waals surface area contributed by atoms with Crippen molar-refractivity contribution in [2.45, 2.75) is 19.2 Å². The van der Waals surface area contributed by atoms with Crippen LogP contribution in [0.2, 0.25) is 0 Å². The molecule has 1 aliphatic heterocycles. The first-order valence-corrected chi connectivity index (χ1v) is 9.72. The van der Waals surface area contributed by atoms with Crippen LogP contribution in [0.25, 0.3) is 0 Å². The molecule has 1 atom stereocenters. The molecule has 0 amide bonds. The van der Waals surface area contributed by atoms with E-state index in [2.05, 4.69) is 9.80 Å². The van der Waals surface area contributed by atoms with Crippen molar-refractivity contribution in [2.75, 3.05) is 46.5 Å². The lowest BCUT2D eigenvalue weighted by atomic mass is 10.1. The van der Waals surface area contributed by atoms with Gasteiger partial charge in [0.2, 0.25) is 0 Å². The second-order valence-electron chi connectivity index (χ2n) is 7.29. The van der Waals surface area contributed by atoms with Gasteiger partial charge in [0.15, 0.2) is 0 Å². The van der Waals surface area contributed by atoms with Gasteiger partial charge in [0, 0.05) is 38.3 Å². The van der Waals surface area contributed by atoms with Gasteiger partial charge in [0.05, 0.1) is 13.2 Å². The Hall–Kier alpha value is -1.99. The van der Waals surface area contributed by atoms with Gasteiger partial charge >= 0.3 is 0 Å².